The number of hydrogen-bond donors (Lipinski definition) is 1. The minimum atomic E-state index is -0.588. The van der Waals surface area contributed by atoms with Crippen LogP contribution >= 0.6 is 0 Å². The second-order valence-corrected chi connectivity index (χ2v) is 6.06. The quantitative estimate of drug-likeness (QED) is 0.648. The molecule has 0 radical (unpaired) electrons. The van der Waals surface area contributed by atoms with Gasteiger partial charge >= 0.3 is 5.97 Å². The predicted octanol–water partition coefficient (Wildman–Crippen LogP) is 2.86. The molecule has 1 aromatic heterocycles. The van der Waals surface area contributed by atoms with Gasteiger partial charge in [-0.15, -0.1) is 0 Å². The molecular formula is C21H18FN3O4. The molecule has 0 fully saturated rings. The largest absolute Gasteiger partial charge is 0.462 e. The number of aromatic nitrogens is 2. The molecule has 8 heteroatoms. The Morgan fingerprint density at radius 3 is 2.52 bits per heavy atom. The molecule has 148 valence electrons. The van der Waals surface area contributed by atoms with Crippen molar-refractivity contribution in [1.82, 2.24) is 9.78 Å². The number of anilines is 1. The minimum Gasteiger partial charge on any atom is -0.462 e. The van der Waals surface area contributed by atoms with Gasteiger partial charge in [-0.25, -0.2) is 13.9 Å². The van der Waals surface area contributed by atoms with E-state index in [2.05, 4.69) is 10.4 Å². The number of halogens is 1. The Morgan fingerprint density at radius 2 is 1.79 bits per heavy atom. The van der Waals surface area contributed by atoms with Crippen molar-refractivity contribution in [2.24, 2.45) is 0 Å². The van der Waals surface area contributed by atoms with E-state index in [1.807, 2.05) is 0 Å². The van der Waals surface area contributed by atoms with Gasteiger partial charge in [0, 0.05) is 6.07 Å². The van der Waals surface area contributed by atoms with Crippen LogP contribution in [0.2, 0.25) is 0 Å². The monoisotopic (exact) mass is 395 g/mol. The highest BCUT2D eigenvalue weighted by molar-refractivity contribution is 6.06. The van der Waals surface area contributed by atoms with Crippen molar-refractivity contribution >= 4 is 17.6 Å². The lowest BCUT2D eigenvalue weighted by atomic mass is 10.1. The molecule has 7 nitrogen and oxygen atoms in total. The Labute approximate surface area is 165 Å². The number of nitrogens with one attached hydrogen (secondary N) is 1. The van der Waals surface area contributed by atoms with Gasteiger partial charge in [-0.2, -0.15) is 5.10 Å². The van der Waals surface area contributed by atoms with Crippen molar-refractivity contribution < 1.29 is 18.7 Å². The number of ether oxygens (including phenoxy) is 1. The fourth-order valence-electron chi connectivity index (χ4n) is 2.61. The summed E-state index contributed by atoms with van der Waals surface area (Å²) in [7, 11) is 0. The first-order valence-electron chi connectivity index (χ1n) is 8.88. The van der Waals surface area contributed by atoms with Crippen LogP contribution in [0.3, 0.4) is 0 Å². The van der Waals surface area contributed by atoms with Crippen LogP contribution < -0.4 is 10.9 Å². The average Bonchev–Trinajstić information content (AvgIpc) is 2.71. The summed E-state index contributed by atoms with van der Waals surface area (Å²) in [6.07, 6.45) is 0. The molecule has 0 bridgehead atoms. The molecule has 0 unspecified atom stereocenters. The van der Waals surface area contributed by atoms with Crippen molar-refractivity contribution in [3.8, 4) is 0 Å². The Morgan fingerprint density at radius 1 is 1.07 bits per heavy atom. The average molecular weight is 395 g/mol. The van der Waals surface area contributed by atoms with Gasteiger partial charge in [0.25, 0.3) is 11.5 Å². The third-order valence-electron chi connectivity index (χ3n) is 4.02. The van der Waals surface area contributed by atoms with Crippen molar-refractivity contribution in [2.45, 2.75) is 13.5 Å². The first-order valence-corrected chi connectivity index (χ1v) is 8.88. The Hall–Kier alpha value is -3.81. The second kappa shape index (κ2) is 8.92. The number of carbonyl (C=O) groups excluding carboxylic acids is 2. The molecule has 0 saturated carbocycles. The van der Waals surface area contributed by atoms with E-state index in [4.69, 9.17) is 4.74 Å². The number of para-hydroxylation sites is 1. The molecule has 0 aliphatic carbocycles. The number of esters is 1. The maximum absolute atomic E-state index is 13.0. The van der Waals surface area contributed by atoms with E-state index in [1.54, 1.807) is 25.1 Å². The SMILES string of the molecule is CCOC(=O)c1ccccc1NC(=O)c1ccc(=O)n(Cc2ccc(F)cc2)n1. The molecule has 0 atom stereocenters. The second-order valence-electron chi connectivity index (χ2n) is 6.06. The first-order chi connectivity index (χ1) is 14.0. The predicted molar refractivity (Wildman–Crippen MR) is 104 cm³/mol. The first kappa shape index (κ1) is 19.9. The normalized spacial score (nSPS) is 10.4. The zero-order chi connectivity index (χ0) is 20.8. The fraction of sp³-hybridized carbons (Fsp3) is 0.143. The summed E-state index contributed by atoms with van der Waals surface area (Å²) < 4.78 is 19.1. The van der Waals surface area contributed by atoms with Crippen molar-refractivity contribution in [2.75, 3.05) is 11.9 Å². The van der Waals surface area contributed by atoms with Gasteiger partial charge < -0.3 is 10.1 Å². The molecule has 1 amide bonds. The Bertz CT molecular complexity index is 1090. The Balaban J connectivity index is 1.83. The highest BCUT2D eigenvalue weighted by atomic mass is 19.1. The molecule has 0 spiro atoms. The highest BCUT2D eigenvalue weighted by Crippen LogP contribution is 2.17. The molecule has 0 saturated heterocycles. The number of amides is 1. The van der Waals surface area contributed by atoms with Crippen LogP contribution in [0.15, 0.2) is 65.5 Å². The maximum Gasteiger partial charge on any atom is 0.340 e. The van der Waals surface area contributed by atoms with E-state index in [0.29, 0.717) is 5.56 Å². The summed E-state index contributed by atoms with van der Waals surface area (Å²) in [6.45, 7) is 1.98. The van der Waals surface area contributed by atoms with E-state index in [-0.39, 0.29) is 35.9 Å². The molecule has 2 aromatic carbocycles. The van der Waals surface area contributed by atoms with Crippen LogP contribution in [0.4, 0.5) is 10.1 Å². The number of carbonyl (C=O) groups is 2. The smallest absolute Gasteiger partial charge is 0.340 e. The van der Waals surface area contributed by atoms with Crippen LogP contribution in [0, 0.1) is 5.82 Å². The summed E-state index contributed by atoms with van der Waals surface area (Å²) in [4.78, 5) is 36.7. The van der Waals surface area contributed by atoms with Gasteiger partial charge in [-0.05, 0) is 42.8 Å². The van der Waals surface area contributed by atoms with Crippen molar-refractivity contribution in [3.63, 3.8) is 0 Å². The number of rotatable bonds is 6. The van der Waals surface area contributed by atoms with Crippen molar-refractivity contribution in [3.05, 3.63) is 93.7 Å². The molecule has 0 aliphatic heterocycles. The maximum atomic E-state index is 13.0. The zero-order valence-corrected chi connectivity index (χ0v) is 15.6. The molecule has 3 aromatic rings. The minimum absolute atomic E-state index is 0.00891. The van der Waals surface area contributed by atoms with Gasteiger partial charge in [-0.1, -0.05) is 24.3 Å². The molecule has 0 aliphatic rings. The summed E-state index contributed by atoms with van der Waals surface area (Å²) in [6, 6.07) is 14.6. The molecule has 29 heavy (non-hydrogen) atoms. The van der Waals surface area contributed by atoms with Gasteiger partial charge in [0.2, 0.25) is 0 Å². The van der Waals surface area contributed by atoms with Crippen LogP contribution in [0.25, 0.3) is 0 Å². The van der Waals surface area contributed by atoms with Crippen LogP contribution in [0.1, 0.15) is 33.3 Å². The molecule has 1 heterocycles. The summed E-state index contributed by atoms with van der Waals surface area (Å²) in [5, 5.41) is 6.70. The molecule has 3 rings (SSSR count). The van der Waals surface area contributed by atoms with Crippen LogP contribution in [-0.4, -0.2) is 28.3 Å². The highest BCUT2D eigenvalue weighted by Gasteiger charge is 2.16. The third kappa shape index (κ3) is 4.92. The van der Waals surface area contributed by atoms with E-state index >= 15 is 0 Å². The van der Waals surface area contributed by atoms with Gasteiger partial charge in [0.15, 0.2) is 0 Å². The van der Waals surface area contributed by atoms with Crippen molar-refractivity contribution in [1.29, 1.82) is 0 Å². The molecule has 1 N–H and O–H groups in total. The Kier molecular flexibility index (Phi) is 6.13. The lowest BCUT2D eigenvalue weighted by Crippen LogP contribution is -2.27. The number of nitrogens with zero attached hydrogens (tertiary/aromatic N) is 2. The summed E-state index contributed by atoms with van der Waals surface area (Å²) in [5.74, 6) is -1.53. The standard InChI is InChI=1S/C21H18FN3O4/c1-2-29-21(28)16-5-3-4-6-17(16)23-20(27)18-11-12-19(26)25(24-18)13-14-7-9-15(22)10-8-14/h3-12H,2,13H2,1H3,(H,23,27). The lowest BCUT2D eigenvalue weighted by molar-refractivity contribution is 0.0527. The van der Waals surface area contributed by atoms with Crippen LogP contribution in [-0.2, 0) is 11.3 Å². The van der Waals surface area contributed by atoms with E-state index < -0.39 is 17.4 Å². The summed E-state index contributed by atoms with van der Waals surface area (Å²) in [5.41, 5.74) is 0.728. The van der Waals surface area contributed by atoms with E-state index in [1.165, 1.54) is 42.5 Å². The molecular weight excluding hydrogens is 377 g/mol. The summed E-state index contributed by atoms with van der Waals surface area (Å²) >= 11 is 0. The van der Waals surface area contributed by atoms with Crippen LogP contribution in [0.5, 0.6) is 0 Å². The van der Waals surface area contributed by atoms with Gasteiger partial charge in [0.1, 0.15) is 11.5 Å². The van der Waals surface area contributed by atoms with E-state index in [9.17, 15) is 18.8 Å². The van der Waals surface area contributed by atoms with E-state index in [0.717, 1.165) is 4.68 Å². The third-order valence-corrected chi connectivity index (χ3v) is 4.02. The fourth-order valence-corrected chi connectivity index (χ4v) is 2.61. The van der Waals surface area contributed by atoms with Gasteiger partial charge in [-0.3, -0.25) is 9.59 Å². The van der Waals surface area contributed by atoms with Gasteiger partial charge in [0.05, 0.1) is 24.4 Å². The number of benzene rings is 2. The topological polar surface area (TPSA) is 90.3 Å². The lowest BCUT2D eigenvalue weighted by Gasteiger charge is -2.11. The zero-order valence-electron chi connectivity index (χ0n) is 15.6. The number of hydrogen-bond acceptors (Lipinski definition) is 5.